The van der Waals surface area contributed by atoms with Gasteiger partial charge in [0.1, 0.15) is 0 Å². The summed E-state index contributed by atoms with van der Waals surface area (Å²) < 4.78 is 0. The summed E-state index contributed by atoms with van der Waals surface area (Å²) in [6.07, 6.45) is 0. The van der Waals surface area contributed by atoms with E-state index in [-0.39, 0.29) is 41.4 Å². The van der Waals surface area contributed by atoms with Gasteiger partial charge in [-0.05, 0) is 5.92 Å². The standard InChI is InChI=1S/C4H8O2.ClH.Mg/c1-3(2)4(5)6;;/h3H,1-2H3,(H,5,6);1H;/q;;+2/p-2. The molecular formula is C4H7ClMgO2. The van der Waals surface area contributed by atoms with Gasteiger partial charge >= 0.3 is 23.1 Å². The van der Waals surface area contributed by atoms with Crippen LogP contribution in [0.2, 0.25) is 0 Å². The summed E-state index contributed by atoms with van der Waals surface area (Å²) in [5.41, 5.74) is 0. The van der Waals surface area contributed by atoms with Gasteiger partial charge in [-0.2, -0.15) is 0 Å². The first kappa shape index (κ1) is 15.8. The third kappa shape index (κ3) is 9.73. The fourth-order valence-electron chi connectivity index (χ4n) is 0. The van der Waals surface area contributed by atoms with Gasteiger partial charge in [0.2, 0.25) is 0 Å². The summed E-state index contributed by atoms with van der Waals surface area (Å²) in [6, 6.07) is 0. The number of carbonyl (C=O) groups excluding carboxylic acids is 1. The quantitative estimate of drug-likeness (QED) is 0.354. The summed E-state index contributed by atoms with van der Waals surface area (Å²) in [7, 11) is 0. The van der Waals surface area contributed by atoms with Crippen molar-refractivity contribution >= 4 is 29.0 Å². The van der Waals surface area contributed by atoms with Crippen LogP contribution in [0.5, 0.6) is 0 Å². The van der Waals surface area contributed by atoms with Crippen molar-refractivity contribution in [2.75, 3.05) is 0 Å². The Morgan fingerprint density at radius 1 is 1.50 bits per heavy atom. The van der Waals surface area contributed by atoms with Crippen LogP contribution in [0.3, 0.4) is 0 Å². The molecule has 0 aromatic carbocycles. The maximum Gasteiger partial charge on any atom is 2.00 e. The first-order valence-corrected chi connectivity index (χ1v) is 1.85. The van der Waals surface area contributed by atoms with Gasteiger partial charge in [0, 0.05) is 5.97 Å². The Kier molecular flexibility index (Phi) is 14.9. The molecule has 0 aliphatic carbocycles. The number of carboxylic acids is 1. The topological polar surface area (TPSA) is 40.1 Å². The van der Waals surface area contributed by atoms with Crippen LogP contribution in [-0.4, -0.2) is 29.0 Å². The maximum absolute atomic E-state index is 9.59. The molecule has 0 radical (unpaired) electrons. The van der Waals surface area contributed by atoms with Crippen LogP contribution in [0.25, 0.3) is 0 Å². The number of hydrogen-bond acceptors (Lipinski definition) is 2. The van der Waals surface area contributed by atoms with Gasteiger partial charge in [0.05, 0.1) is 0 Å². The van der Waals surface area contributed by atoms with Gasteiger partial charge in [-0.25, -0.2) is 0 Å². The molecule has 0 bridgehead atoms. The smallest absolute Gasteiger partial charge is 1.00 e. The normalized spacial score (nSPS) is 6.88. The number of rotatable bonds is 1. The molecule has 0 amide bonds. The molecule has 0 fully saturated rings. The second-order valence-corrected chi connectivity index (χ2v) is 1.47. The molecule has 8 heavy (non-hydrogen) atoms. The van der Waals surface area contributed by atoms with Crippen molar-refractivity contribution < 1.29 is 22.3 Å². The Morgan fingerprint density at radius 2 is 1.62 bits per heavy atom. The molecule has 0 aromatic rings. The molecular weight excluding hydrogens is 140 g/mol. The van der Waals surface area contributed by atoms with Gasteiger partial charge < -0.3 is 22.3 Å². The summed E-state index contributed by atoms with van der Waals surface area (Å²) in [5.74, 6) is -1.33. The van der Waals surface area contributed by atoms with E-state index in [9.17, 15) is 9.90 Å². The zero-order chi connectivity index (χ0) is 5.15. The van der Waals surface area contributed by atoms with Crippen LogP contribution in [0, 0.1) is 5.92 Å². The zero-order valence-electron chi connectivity index (χ0n) is 4.98. The zero-order valence-corrected chi connectivity index (χ0v) is 7.15. The van der Waals surface area contributed by atoms with Crippen LogP contribution in [-0.2, 0) is 4.79 Å². The summed E-state index contributed by atoms with van der Waals surface area (Å²) >= 11 is 0. The first-order chi connectivity index (χ1) is 2.64. The molecule has 0 aliphatic rings. The predicted octanol–water partition coefficient (Wildman–Crippen LogP) is -3.98. The van der Waals surface area contributed by atoms with Crippen LogP contribution in [0.4, 0.5) is 0 Å². The monoisotopic (exact) mass is 146 g/mol. The number of carboxylic acid groups (broad SMARTS) is 1. The van der Waals surface area contributed by atoms with Crippen molar-refractivity contribution in [1.29, 1.82) is 0 Å². The Hall–Kier alpha value is 0.526. The van der Waals surface area contributed by atoms with E-state index in [1.807, 2.05) is 0 Å². The molecule has 2 nitrogen and oxygen atoms in total. The predicted molar refractivity (Wildman–Crippen MR) is 25.6 cm³/mol. The average molecular weight is 147 g/mol. The second-order valence-electron chi connectivity index (χ2n) is 1.47. The van der Waals surface area contributed by atoms with Gasteiger partial charge in [0.15, 0.2) is 0 Å². The van der Waals surface area contributed by atoms with Crippen LogP contribution in [0.1, 0.15) is 13.8 Å². The maximum atomic E-state index is 9.59. The van der Waals surface area contributed by atoms with Crippen molar-refractivity contribution in [2.45, 2.75) is 13.8 Å². The molecule has 4 heteroatoms. The fraction of sp³-hybridized carbons (Fsp3) is 0.750. The van der Waals surface area contributed by atoms with E-state index in [2.05, 4.69) is 0 Å². The van der Waals surface area contributed by atoms with E-state index in [0.717, 1.165) is 0 Å². The molecule has 0 heterocycles. The minimum atomic E-state index is -0.991. The molecule has 0 rings (SSSR count). The molecule has 0 N–H and O–H groups in total. The van der Waals surface area contributed by atoms with Gasteiger partial charge in [-0.1, -0.05) is 13.8 Å². The molecule has 0 spiro atoms. The molecule has 0 aliphatic heterocycles. The van der Waals surface area contributed by atoms with E-state index < -0.39 is 5.97 Å². The Labute approximate surface area is 71.2 Å². The molecule has 0 aromatic heterocycles. The van der Waals surface area contributed by atoms with Gasteiger partial charge in [-0.15, -0.1) is 0 Å². The Bertz CT molecular complexity index is 65.1. The SMILES string of the molecule is CC(C)C(=O)[O-].[Cl-].[Mg+2]. The third-order valence-corrected chi connectivity index (χ3v) is 0.471. The number of halogens is 1. The molecule has 0 unspecified atom stereocenters. The van der Waals surface area contributed by atoms with E-state index in [0.29, 0.717) is 0 Å². The second kappa shape index (κ2) is 7.53. The molecule has 0 atom stereocenters. The number of aliphatic carboxylic acids is 1. The van der Waals surface area contributed by atoms with Gasteiger partial charge in [-0.3, -0.25) is 0 Å². The minimum absolute atomic E-state index is 0. The Balaban J connectivity index is -0.000000125. The minimum Gasteiger partial charge on any atom is -1.00 e. The summed E-state index contributed by atoms with van der Waals surface area (Å²) in [5, 5.41) is 9.59. The largest absolute Gasteiger partial charge is 2.00 e. The first-order valence-electron chi connectivity index (χ1n) is 1.85. The van der Waals surface area contributed by atoms with E-state index in [1.165, 1.54) is 0 Å². The van der Waals surface area contributed by atoms with Crippen LogP contribution < -0.4 is 17.5 Å². The van der Waals surface area contributed by atoms with Crippen LogP contribution in [0.15, 0.2) is 0 Å². The summed E-state index contributed by atoms with van der Waals surface area (Å²) in [4.78, 5) is 9.59. The number of carbonyl (C=O) groups is 1. The van der Waals surface area contributed by atoms with E-state index in [4.69, 9.17) is 0 Å². The van der Waals surface area contributed by atoms with E-state index in [1.54, 1.807) is 13.8 Å². The summed E-state index contributed by atoms with van der Waals surface area (Å²) in [6.45, 7) is 3.16. The van der Waals surface area contributed by atoms with Crippen molar-refractivity contribution in [2.24, 2.45) is 5.92 Å². The van der Waals surface area contributed by atoms with E-state index >= 15 is 0 Å². The van der Waals surface area contributed by atoms with Crippen molar-refractivity contribution in [3.63, 3.8) is 0 Å². The third-order valence-electron chi connectivity index (χ3n) is 0.471. The molecule has 0 saturated heterocycles. The Morgan fingerprint density at radius 3 is 1.62 bits per heavy atom. The average Bonchev–Trinajstić information content (AvgIpc) is 1.36. The molecule has 44 valence electrons. The van der Waals surface area contributed by atoms with Gasteiger partial charge in [0.25, 0.3) is 0 Å². The van der Waals surface area contributed by atoms with Crippen molar-refractivity contribution in [3.05, 3.63) is 0 Å². The number of hydrogen-bond donors (Lipinski definition) is 0. The van der Waals surface area contributed by atoms with Crippen molar-refractivity contribution in [1.82, 2.24) is 0 Å². The van der Waals surface area contributed by atoms with Crippen LogP contribution >= 0.6 is 0 Å². The van der Waals surface area contributed by atoms with Crippen molar-refractivity contribution in [3.8, 4) is 0 Å². The molecule has 0 saturated carbocycles. The fourth-order valence-corrected chi connectivity index (χ4v) is 0.